The molecule has 21 heavy (non-hydrogen) atoms. The molecule has 1 unspecified atom stereocenters. The third-order valence-electron chi connectivity index (χ3n) is 3.45. The summed E-state index contributed by atoms with van der Waals surface area (Å²) < 4.78 is 15.5. The molecule has 0 aliphatic carbocycles. The van der Waals surface area contributed by atoms with Crippen molar-refractivity contribution >= 4 is 22.4 Å². The van der Waals surface area contributed by atoms with Crippen molar-refractivity contribution in [3.63, 3.8) is 0 Å². The van der Waals surface area contributed by atoms with Gasteiger partial charge in [0.25, 0.3) is 5.56 Å². The molecule has 0 saturated heterocycles. The zero-order valence-corrected chi connectivity index (χ0v) is 12.1. The standard InChI is InChI=1S/C17H13ClFNO/c1-11(18)15-10-12-6-5-9-14(19)16(12)17(21)20(15)13-7-3-2-4-8-13/h2-11H,1H3. The number of hydrogen-bond acceptors (Lipinski definition) is 1. The highest BCUT2D eigenvalue weighted by Crippen LogP contribution is 2.25. The van der Waals surface area contributed by atoms with E-state index in [2.05, 4.69) is 0 Å². The minimum Gasteiger partial charge on any atom is -0.279 e. The van der Waals surface area contributed by atoms with Gasteiger partial charge in [0.05, 0.1) is 10.8 Å². The summed E-state index contributed by atoms with van der Waals surface area (Å²) in [4.78, 5) is 12.7. The van der Waals surface area contributed by atoms with Crippen molar-refractivity contribution in [1.82, 2.24) is 4.57 Å². The summed E-state index contributed by atoms with van der Waals surface area (Å²) in [6, 6.07) is 15.5. The molecule has 0 spiro atoms. The topological polar surface area (TPSA) is 22.0 Å². The molecule has 4 heteroatoms. The molecule has 2 aromatic carbocycles. The molecule has 3 rings (SSSR count). The Balaban J connectivity index is 2.47. The van der Waals surface area contributed by atoms with Crippen LogP contribution >= 0.6 is 11.6 Å². The predicted octanol–water partition coefficient (Wildman–Crippen LogP) is 4.43. The van der Waals surface area contributed by atoms with Crippen LogP contribution < -0.4 is 5.56 Å². The highest BCUT2D eigenvalue weighted by Gasteiger charge is 2.16. The lowest BCUT2D eigenvalue weighted by molar-refractivity contribution is 0.637. The van der Waals surface area contributed by atoms with Crippen molar-refractivity contribution in [2.24, 2.45) is 0 Å². The average Bonchev–Trinajstić information content (AvgIpc) is 2.47. The van der Waals surface area contributed by atoms with E-state index in [0.29, 0.717) is 16.8 Å². The predicted molar refractivity (Wildman–Crippen MR) is 83.8 cm³/mol. The van der Waals surface area contributed by atoms with Crippen LogP contribution in [0.3, 0.4) is 0 Å². The smallest absolute Gasteiger partial charge is 0.266 e. The lowest BCUT2D eigenvalue weighted by atomic mass is 10.1. The first kappa shape index (κ1) is 13.8. The maximum Gasteiger partial charge on any atom is 0.266 e. The maximum absolute atomic E-state index is 14.0. The monoisotopic (exact) mass is 301 g/mol. The van der Waals surface area contributed by atoms with Crippen molar-refractivity contribution in [3.8, 4) is 5.69 Å². The highest BCUT2D eigenvalue weighted by atomic mass is 35.5. The van der Waals surface area contributed by atoms with Crippen molar-refractivity contribution in [1.29, 1.82) is 0 Å². The quantitative estimate of drug-likeness (QED) is 0.642. The molecule has 1 atom stereocenters. The molecule has 0 aliphatic heterocycles. The molecule has 2 nitrogen and oxygen atoms in total. The fourth-order valence-corrected chi connectivity index (χ4v) is 2.64. The minimum absolute atomic E-state index is 0.0856. The van der Waals surface area contributed by atoms with Gasteiger partial charge in [-0.2, -0.15) is 0 Å². The van der Waals surface area contributed by atoms with E-state index < -0.39 is 5.82 Å². The summed E-state index contributed by atoms with van der Waals surface area (Å²) in [7, 11) is 0. The number of fused-ring (bicyclic) bond motifs is 1. The van der Waals surface area contributed by atoms with Gasteiger partial charge in [-0.1, -0.05) is 30.3 Å². The molecule has 0 fully saturated rings. The van der Waals surface area contributed by atoms with Crippen LogP contribution in [0.5, 0.6) is 0 Å². The lowest BCUT2D eigenvalue weighted by Crippen LogP contribution is -2.23. The average molecular weight is 302 g/mol. The number of rotatable bonds is 2. The Bertz CT molecular complexity index is 856. The Hall–Kier alpha value is -2.13. The van der Waals surface area contributed by atoms with Crippen LogP contribution in [0.15, 0.2) is 59.4 Å². The molecule has 1 aromatic heterocycles. The summed E-state index contributed by atoms with van der Waals surface area (Å²) in [5.41, 5.74) is 0.931. The van der Waals surface area contributed by atoms with Gasteiger partial charge >= 0.3 is 0 Å². The van der Waals surface area contributed by atoms with Gasteiger partial charge in [0.15, 0.2) is 0 Å². The van der Waals surface area contributed by atoms with Gasteiger partial charge in [0.2, 0.25) is 0 Å². The number of hydrogen-bond donors (Lipinski definition) is 0. The molecule has 1 heterocycles. The van der Waals surface area contributed by atoms with Crippen LogP contribution in [0.4, 0.5) is 4.39 Å². The summed E-state index contributed by atoms with van der Waals surface area (Å²) in [6.07, 6.45) is 0. The first-order chi connectivity index (χ1) is 10.1. The van der Waals surface area contributed by atoms with Gasteiger partial charge in [-0.3, -0.25) is 9.36 Å². The van der Waals surface area contributed by atoms with Crippen LogP contribution in [-0.4, -0.2) is 4.57 Å². The zero-order valence-electron chi connectivity index (χ0n) is 11.4. The summed E-state index contributed by atoms with van der Waals surface area (Å²) in [6.45, 7) is 1.79. The largest absolute Gasteiger partial charge is 0.279 e. The Morgan fingerprint density at radius 1 is 1.10 bits per heavy atom. The van der Waals surface area contributed by atoms with Gasteiger partial charge in [0, 0.05) is 11.4 Å². The normalized spacial score (nSPS) is 12.5. The number of benzene rings is 2. The number of aromatic nitrogens is 1. The van der Waals surface area contributed by atoms with Crippen LogP contribution in [0.2, 0.25) is 0 Å². The Morgan fingerprint density at radius 2 is 1.81 bits per heavy atom. The summed E-state index contributed by atoms with van der Waals surface area (Å²) in [5.74, 6) is -0.518. The third kappa shape index (κ3) is 2.34. The van der Waals surface area contributed by atoms with Gasteiger partial charge in [0.1, 0.15) is 5.82 Å². The Morgan fingerprint density at radius 3 is 2.48 bits per heavy atom. The molecule has 106 valence electrons. The molecular weight excluding hydrogens is 289 g/mol. The lowest BCUT2D eigenvalue weighted by Gasteiger charge is -2.16. The molecule has 3 aromatic rings. The second-order valence-corrected chi connectivity index (χ2v) is 5.52. The van der Waals surface area contributed by atoms with Crippen LogP contribution in [0.25, 0.3) is 16.5 Å². The van der Waals surface area contributed by atoms with E-state index in [0.717, 1.165) is 0 Å². The maximum atomic E-state index is 14.0. The van der Waals surface area contributed by atoms with E-state index in [-0.39, 0.29) is 16.3 Å². The SMILES string of the molecule is CC(Cl)c1cc2cccc(F)c2c(=O)n1-c1ccccc1. The van der Waals surface area contributed by atoms with Crippen molar-refractivity contribution in [2.75, 3.05) is 0 Å². The van der Waals surface area contributed by atoms with Gasteiger partial charge < -0.3 is 0 Å². The molecule has 0 bridgehead atoms. The summed E-state index contributed by atoms with van der Waals surface area (Å²) in [5, 5.41) is 0.280. The van der Waals surface area contributed by atoms with E-state index in [1.165, 1.54) is 10.6 Å². The first-order valence-corrected chi connectivity index (χ1v) is 7.07. The zero-order chi connectivity index (χ0) is 15.0. The molecular formula is C17H13ClFNO. The Labute approximate surface area is 126 Å². The summed E-state index contributed by atoms with van der Waals surface area (Å²) >= 11 is 6.22. The van der Waals surface area contributed by atoms with Crippen LogP contribution in [0.1, 0.15) is 18.0 Å². The number of pyridine rings is 1. The van der Waals surface area contributed by atoms with Crippen LogP contribution in [0, 0.1) is 5.82 Å². The number of alkyl halides is 1. The van der Waals surface area contributed by atoms with E-state index in [1.807, 2.05) is 18.2 Å². The molecule has 0 aliphatic rings. The van der Waals surface area contributed by atoms with Gasteiger partial charge in [-0.15, -0.1) is 11.6 Å². The third-order valence-corrected chi connectivity index (χ3v) is 3.67. The van der Waals surface area contributed by atoms with E-state index in [9.17, 15) is 9.18 Å². The van der Waals surface area contributed by atoms with Gasteiger partial charge in [-0.05, 0) is 36.6 Å². The number of halogens is 2. The van der Waals surface area contributed by atoms with Crippen molar-refractivity contribution in [2.45, 2.75) is 12.3 Å². The van der Waals surface area contributed by atoms with Crippen molar-refractivity contribution < 1.29 is 4.39 Å². The molecule has 0 saturated carbocycles. The molecule has 0 radical (unpaired) electrons. The van der Waals surface area contributed by atoms with Crippen LogP contribution in [-0.2, 0) is 0 Å². The highest BCUT2D eigenvalue weighted by molar-refractivity contribution is 6.20. The number of nitrogens with zero attached hydrogens (tertiary/aromatic N) is 1. The second kappa shape index (κ2) is 5.34. The van der Waals surface area contributed by atoms with Gasteiger partial charge in [-0.25, -0.2) is 4.39 Å². The second-order valence-electron chi connectivity index (χ2n) is 4.87. The number of para-hydroxylation sites is 1. The fourth-order valence-electron chi connectivity index (χ4n) is 2.48. The minimum atomic E-state index is -0.518. The molecule has 0 amide bonds. The van der Waals surface area contributed by atoms with Crippen molar-refractivity contribution in [3.05, 3.63) is 76.5 Å². The first-order valence-electron chi connectivity index (χ1n) is 6.63. The molecule has 0 N–H and O–H groups in total. The fraction of sp³-hybridized carbons (Fsp3) is 0.118. The van der Waals surface area contributed by atoms with E-state index >= 15 is 0 Å². The van der Waals surface area contributed by atoms with E-state index in [1.54, 1.807) is 37.3 Å². The van der Waals surface area contributed by atoms with E-state index in [4.69, 9.17) is 11.6 Å². The Kier molecular flexibility index (Phi) is 3.52.